The first-order valence-corrected chi connectivity index (χ1v) is 7.16. The molecule has 1 fully saturated rings. The second-order valence-electron chi connectivity index (χ2n) is 5.22. The number of thiocarbonyl (C=S) groups is 1. The van der Waals surface area contributed by atoms with Crippen LogP contribution in [0.15, 0.2) is 22.8 Å². The molecule has 0 aliphatic carbocycles. The highest BCUT2D eigenvalue weighted by atomic mass is 32.1. The number of rotatable bonds is 5. The Morgan fingerprint density at radius 2 is 2.25 bits per heavy atom. The summed E-state index contributed by atoms with van der Waals surface area (Å²) in [5.41, 5.74) is 5.04. The van der Waals surface area contributed by atoms with Crippen LogP contribution in [-0.2, 0) is 16.0 Å². The van der Waals surface area contributed by atoms with Gasteiger partial charge in [0, 0.05) is 25.7 Å². The van der Waals surface area contributed by atoms with Gasteiger partial charge in [-0.05, 0) is 31.9 Å². The van der Waals surface area contributed by atoms with Crippen LogP contribution in [0.5, 0.6) is 0 Å². The van der Waals surface area contributed by atoms with E-state index in [1.165, 1.54) is 0 Å². The molecule has 1 saturated heterocycles. The van der Waals surface area contributed by atoms with Crippen LogP contribution < -0.4 is 11.1 Å². The smallest absolute Gasteiger partial charge is 0.233 e. The summed E-state index contributed by atoms with van der Waals surface area (Å²) in [6.45, 7) is 2.96. The van der Waals surface area contributed by atoms with E-state index in [0.29, 0.717) is 32.5 Å². The summed E-state index contributed by atoms with van der Waals surface area (Å²) in [4.78, 5) is 12.8. The Labute approximate surface area is 123 Å². The molecule has 1 atom stereocenters. The van der Waals surface area contributed by atoms with Crippen molar-refractivity contribution in [2.45, 2.75) is 32.2 Å². The van der Waals surface area contributed by atoms with E-state index in [4.69, 9.17) is 27.1 Å². The quantitative estimate of drug-likeness (QED) is 0.803. The molecule has 1 aromatic heterocycles. The largest absolute Gasteiger partial charge is 0.469 e. The zero-order valence-corrected chi connectivity index (χ0v) is 12.4. The van der Waals surface area contributed by atoms with Gasteiger partial charge in [-0.3, -0.25) is 4.79 Å². The van der Waals surface area contributed by atoms with E-state index in [2.05, 4.69) is 5.32 Å². The molecule has 1 aliphatic rings. The number of amides is 1. The van der Waals surface area contributed by atoms with E-state index in [-0.39, 0.29) is 16.9 Å². The third kappa shape index (κ3) is 3.19. The Hall–Kier alpha value is -1.40. The first kappa shape index (κ1) is 15.0. The van der Waals surface area contributed by atoms with Crippen LogP contribution in [0.4, 0.5) is 0 Å². The second kappa shape index (κ2) is 6.37. The molecule has 0 saturated carbocycles. The third-order valence-corrected chi connectivity index (χ3v) is 4.11. The van der Waals surface area contributed by atoms with E-state index in [1.54, 1.807) is 6.26 Å². The van der Waals surface area contributed by atoms with Gasteiger partial charge in [-0.2, -0.15) is 0 Å². The number of carbonyl (C=O) groups is 1. The maximum Gasteiger partial charge on any atom is 0.233 e. The Morgan fingerprint density at radius 1 is 1.55 bits per heavy atom. The highest BCUT2D eigenvalue weighted by Gasteiger charge is 2.43. The Bertz CT molecular complexity index is 467. The lowest BCUT2D eigenvalue weighted by molar-refractivity contribution is -0.132. The number of hydrogen-bond donors (Lipinski definition) is 2. The van der Waals surface area contributed by atoms with Gasteiger partial charge in [0.15, 0.2) is 0 Å². The number of hydrogen-bond acceptors (Lipinski definition) is 4. The van der Waals surface area contributed by atoms with Gasteiger partial charge in [-0.25, -0.2) is 0 Å². The third-order valence-electron chi connectivity index (χ3n) is 3.72. The molecule has 2 heterocycles. The molecular weight excluding hydrogens is 276 g/mol. The molecule has 0 bridgehead atoms. The zero-order chi connectivity index (χ0) is 14.6. The normalized spacial score (nSPS) is 19.2. The predicted octanol–water partition coefficient (Wildman–Crippen LogP) is 1.41. The van der Waals surface area contributed by atoms with Crippen molar-refractivity contribution in [3.8, 4) is 0 Å². The topological polar surface area (TPSA) is 77.5 Å². The molecule has 20 heavy (non-hydrogen) atoms. The minimum absolute atomic E-state index is 0.0391. The Kier molecular flexibility index (Phi) is 4.77. The fraction of sp³-hybridized carbons (Fsp3) is 0.571. The monoisotopic (exact) mass is 296 g/mol. The standard InChI is InChI=1S/C14H20N2O3S/c1-10(9-11-3-2-6-19-11)16-13(17)14(12(15)20)4-7-18-8-5-14/h2-3,6,10H,4-5,7-9H2,1H3,(H2,15,20)(H,16,17). The number of carbonyl (C=O) groups excluding carboxylic acids is 1. The molecule has 1 aliphatic heterocycles. The van der Waals surface area contributed by atoms with Crippen molar-refractivity contribution in [3.05, 3.63) is 24.2 Å². The van der Waals surface area contributed by atoms with E-state index in [9.17, 15) is 4.79 Å². The van der Waals surface area contributed by atoms with E-state index >= 15 is 0 Å². The fourth-order valence-corrected chi connectivity index (χ4v) is 2.75. The van der Waals surface area contributed by atoms with Gasteiger partial charge in [0.25, 0.3) is 0 Å². The SMILES string of the molecule is CC(Cc1ccco1)NC(=O)C1(C(N)=S)CCOCC1. The lowest BCUT2D eigenvalue weighted by Gasteiger charge is -2.35. The van der Waals surface area contributed by atoms with Crippen molar-refractivity contribution in [2.75, 3.05) is 13.2 Å². The predicted molar refractivity (Wildman–Crippen MR) is 79.3 cm³/mol. The molecule has 5 nitrogen and oxygen atoms in total. The summed E-state index contributed by atoms with van der Waals surface area (Å²) in [5.74, 6) is 0.738. The fourth-order valence-electron chi connectivity index (χ4n) is 2.45. The lowest BCUT2D eigenvalue weighted by atomic mass is 9.79. The van der Waals surface area contributed by atoms with E-state index < -0.39 is 5.41 Å². The van der Waals surface area contributed by atoms with Crippen LogP contribution in [0, 0.1) is 5.41 Å². The summed E-state index contributed by atoms with van der Waals surface area (Å²) in [7, 11) is 0. The molecular formula is C14H20N2O3S. The average Bonchev–Trinajstić information content (AvgIpc) is 2.91. The molecule has 1 aromatic rings. The molecule has 6 heteroatoms. The van der Waals surface area contributed by atoms with Crippen molar-refractivity contribution in [1.29, 1.82) is 0 Å². The molecule has 2 rings (SSSR count). The van der Waals surface area contributed by atoms with E-state index in [1.807, 2.05) is 19.1 Å². The van der Waals surface area contributed by atoms with Gasteiger partial charge < -0.3 is 20.2 Å². The average molecular weight is 296 g/mol. The first-order valence-electron chi connectivity index (χ1n) is 6.75. The summed E-state index contributed by atoms with van der Waals surface area (Å²) in [6.07, 6.45) is 3.35. The second-order valence-corrected chi connectivity index (χ2v) is 5.66. The minimum Gasteiger partial charge on any atom is -0.469 e. The zero-order valence-electron chi connectivity index (χ0n) is 11.6. The van der Waals surface area contributed by atoms with Gasteiger partial charge in [-0.15, -0.1) is 0 Å². The summed E-state index contributed by atoms with van der Waals surface area (Å²) in [5, 5.41) is 2.99. The molecule has 3 N–H and O–H groups in total. The number of nitrogens with two attached hydrogens (primary N) is 1. The van der Waals surface area contributed by atoms with Crippen molar-refractivity contribution >= 4 is 23.1 Å². The molecule has 0 radical (unpaired) electrons. The molecule has 0 spiro atoms. The van der Waals surface area contributed by atoms with Gasteiger partial charge in [-0.1, -0.05) is 12.2 Å². The maximum absolute atomic E-state index is 12.5. The van der Waals surface area contributed by atoms with Gasteiger partial charge >= 0.3 is 0 Å². The lowest BCUT2D eigenvalue weighted by Crippen LogP contribution is -2.53. The van der Waals surface area contributed by atoms with Crippen molar-refractivity contribution in [3.63, 3.8) is 0 Å². The van der Waals surface area contributed by atoms with Crippen molar-refractivity contribution in [2.24, 2.45) is 11.1 Å². The first-order chi connectivity index (χ1) is 9.54. The number of furan rings is 1. The summed E-state index contributed by atoms with van der Waals surface area (Å²) < 4.78 is 10.6. The number of nitrogens with one attached hydrogen (secondary N) is 1. The Morgan fingerprint density at radius 3 is 2.80 bits per heavy atom. The van der Waals surface area contributed by atoms with Crippen LogP contribution in [-0.4, -0.2) is 30.2 Å². The van der Waals surface area contributed by atoms with Crippen molar-refractivity contribution in [1.82, 2.24) is 5.32 Å². The van der Waals surface area contributed by atoms with Crippen LogP contribution >= 0.6 is 12.2 Å². The maximum atomic E-state index is 12.5. The summed E-state index contributed by atoms with van der Waals surface area (Å²) >= 11 is 5.12. The van der Waals surface area contributed by atoms with Crippen molar-refractivity contribution < 1.29 is 13.9 Å². The molecule has 1 amide bonds. The molecule has 0 aromatic carbocycles. The van der Waals surface area contributed by atoms with Crippen LogP contribution in [0.2, 0.25) is 0 Å². The number of ether oxygens (including phenoxy) is 1. The minimum atomic E-state index is -0.773. The van der Waals surface area contributed by atoms with Crippen LogP contribution in [0.25, 0.3) is 0 Å². The highest BCUT2D eigenvalue weighted by molar-refractivity contribution is 7.80. The highest BCUT2D eigenvalue weighted by Crippen LogP contribution is 2.31. The van der Waals surface area contributed by atoms with E-state index in [0.717, 1.165) is 5.76 Å². The van der Waals surface area contributed by atoms with Gasteiger partial charge in [0.05, 0.1) is 11.3 Å². The van der Waals surface area contributed by atoms with Crippen LogP contribution in [0.3, 0.4) is 0 Å². The molecule has 1 unspecified atom stereocenters. The van der Waals surface area contributed by atoms with Crippen LogP contribution in [0.1, 0.15) is 25.5 Å². The van der Waals surface area contributed by atoms with Gasteiger partial charge in [0.2, 0.25) is 5.91 Å². The summed E-state index contributed by atoms with van der Waals surface area (Å²) in [6, 6.07) is 3.68. The Balaban J connectivity index is 1.99. The van der Waals surface area contributed by atoms with Gasteiger partial charge in [0.1, 0.15) is 11.2 Å². The molecule has 110 valence electrons.